The Morgan fingerprint density at radius 3 is 2.88 bits per heavy atom. The normalized spacial score (nSPS) is 18.1. The van der Waals surface area contributed by atoms with Crippen LogP contribution in [-0.2, 0) is 4.79 Å². The van der Waals surface area contributed by atoms with Gasteiger partial charge in [0, 0.05) is 6.54 Å². The molecule has 0 radical (unpaired) electrons. The minimum Gasteiger partial charge on any atom is -0.486 e. The minimum atomic E-state index is -0.843. The van der Waals surface area contributed by atoms with Crippen molar-refractivity contribution in [1.82, 2.24) is 4.90 Å². The van der Waals surface area contributed by atoms with Crippen LogP contribution in [0.25, 0.3) is 0 Å². The number of carboxylic acids is 1. The molecular formula is C12H15NO4. The van der Waals surface area contributed by atoms with Gasteiger partial charge < -0.3 is 14.6 Å². The molecule has 1 aliphatic rings. The number of fused-ring (bicyclic) bond motifs is 1. The van der Waals surface area contributed by atoms with Crippen LogP contribution in [0.2, 0.25) is 0 Å². The first kappa shape index (κ1) is 11.7. The number of carbonyl (C=O) groups is 1. The van der Waals surface area contributed by atoms with Gasteiger partial charge >= 0.3 is 5.97 Å². The lowest BCUT2D eigenvalue weighted by atomic mass is 10.2. The molecule has 0 fully saturated rings. The molecular weight excluding hydrogens is 222 g/mol. The molecule has 1 aromatic rings. The molecule has 0 aliphatic carbocycles. The number of aliphatic carboxylic acids is 1. The van der Waals surface area contributed by atoms with E-state index in [1.54, 1.807) is 11.9 Å². The number of nitrogens with zero attached hydrogens (tertiary/aromatic N) is 1. The fourth-order valence-corrected chi connectivity index (χ4v) is 1.80. The molecule has 1 heterocycles. The molecule has 17 heavy (non-hydrogen) atoms. The Morgan fingerprint density at radius 2 is 2.18 bits per heavy atom. The minimum absolute atomic E-state index is 0.00149. The monoisotopic (exact) mass is 237 g/mol. The zero-order valence-corrected chi connectivity index (χ0v) is 9.63. The lowest BCUT2D eigenvalue weighted by molar-refractivity contribution is -0.138. The Bertz CT molecular complexity index is 407. The summed E-state index contributed by atoms with van der Waals surface area (Å²) >= 11 is 0. The van der Waals surface area contributed by atoms with Crippen LogP contribution in [0.15, 0.2) is 24.3 Å². The molecule has 5 heteroatoms. The van der Waals surface area contributed by atoms with Crippen molar-refractivity contribution >= 4 is 5.97 Å². The van der Waals surface area contributed by atoms with Gasteiger partial charge in [0.25, 0.3) is 0 Å². The van der Waals surface area contributed by atoms with E-state index in [1.165, 1.54) is 0 Å². The average Bonchev–Trinajstić information content (AvgIpc) is 2.27. The second kappa shape index (κ2) is 5.05. The first-order chi connectivity index (χ1) is 8.15. The van der Waals surface area contributed by atoms with Crippen molar-refractivity contribution in [3.8, 4) is 11.5 Å². The van der Waals surface area contributed by atoms with Gasteiger partial charge in [0.1, 0.15) is 12.7 Å². The first-order valence-corrected chi connectivity index (χ1v) is 5.44. The predicted molar refractivity (Wildman–Crippen MR) is 61.5 cm³/mol. The number of likely N-dealkylation sites (N-methyl/N-ethyl adjacent to an activating group) is 1. The van der Waals surface area contributed by atoms with E-state index in [0.29, 0.717) is 18.9 Å². The smallest absolute Gasteiger partial charge is 0.317 e. The quantitative estimate of drug-likeness (QED) is 0.841. The van der Waals surface area contributed by atoms with E-state index in [1.807, 2.05) is 24.3 Å². The standard InChI is InChI=1S/C12H15NO4/c1-13(7-12(14)15)6-9-8-16-10-4-2-3-5-11(10)17-9/h2-5,9H,6-8H2,1H3,(H,14,15)/t9-/m1/s1. The van der Waals surface area contributed by atoms with E-state index in [4.69, 9.17) is 14.6 Å². The molecule has 0 spiro atoms. The van der Waals surface area contributed by atoms with E-state index < -0.39 is 5.97 Å². The zero-order chi connectivity index (χ0) is 12.3. The molecule has 92 valence electrons. The van der Waals surface area contributed by atoms with Gasteiger partial charge in [0.15, 0.2) is 11.5 Å². The largest absolute Gasteiger partial charge is 0.486 e. The molecule has 1 aliphatic heterocycles. The van der Waals surface area contributed by atoms with Crippen molar-refractivity contribution < 1.29 is 19.4 Å². The number of rotatable bonds is 4. The van der Waals surface area contributed by atoms with Gasteiger partial charge in [-0.05, 0) is 19.2 Å². The maximum Gasteiger partial charge on any atom is 0.317 e. The van der Waals surface area contributed by atoms with E-state index in [-0.39, 0.29) is 12.6 Å². The number of ether oxygens (including phenoxy) is 2. The second-order valence-electron chi connectivity index (χ2n) is 4.09. The van der Waals surface area contributed by atoms with Crippen LogP contribution in [0.3, 0.4) is 0 Å². The van der Waals surface area contributed by atoms with E-state index >= 15 is 0 Å². The molecule has 0 bridgehead atoms. The third-order valence-electron chi connectivity index (χ3n) is 2.49. The summed E-state index contributed by atoms with van der Waals surface area (Å²) in [5, 5.41) is 8.66. The van der Waals surface area contributed by atoms with Crippen LogP contribution in [0, 0.1) is 0 Å². The number of hydrogen-bond acceptors (Lipinski definition) is 4. The van der Waals surface area contributed by atoms with E-state index in [9.17, 15) is 4.79 Å². The molecule has 2 rings (SSSR count). The van der Waals surface area contributed by atoms with Crippen molar-refractivity contribution in [1.29, 1.82) is 0 Å². The molecule has 5 nitrogen and oxygen atoms in total. The van der Waals surface area contributed by atoms with E-state index in [2.05, 4.69) is 0 Å². The Kier molecular flexibility index (Phi) is 3.49. The molecule has 0 aromatic heterocycles. The van der Waals surface area contributed by atoms with Crippen LogP contribution >= 0.6 is 0 Å². The van der Waals surface area contributed by atoms with Gasteiger partial charge in [0.2, 0.25) is 0 Å². The Hall–Kier alpha value is -1.75. The number of carboxylic acid groups (broad SMARTS) is 1. The maximum absolute atomic E-state index is 10.5. The first-order valence-electron chi connectivity index (χ1n) is 5.44. The van der Waals surface area contributed by atoms with Gasteiger partial charge in [-0.15, -0.1) is 0 Å². The predicted octanol–water partition coefficient (Wildman–Crippen LogP) is 0.843. The zero-order valence-electron chi connectivity index (χ0n) is 9.63. The van der Waals surface area contributed by atoms with Crippen LogP contribution in [0.5, 0.6) is 11.5 Å². The van der Waals surface area contributed by atoms with Gasteiger partial charge in [-0.3, -0.25) is 9.69 Å². The molecule has 0 saturated heterocycles. The average molecular weight is 237 g/mol. The highest BCUT2D eigenvalue weighted by atomic mass is 16.6. The number of benzene rings is 1. The summed E-state index contributed by atoms with van der Waals surface area (Å²) in [6.07, 6.45) is -0.130. The van der Waals surface area contributed by atoms with Crippen LogP contribution in [0.1, 0.15) is 0 Å². The third kappa shape index (κ3) is 3.10. The van der Waals surface area contributed by atoms with Crippen LogP contribution < -0.4 is 9.47 Å². The summed E-state index contributed by atoms with van der Waals surface area (Å²) in [5.74, 6) is 0.613. The summed E-state index contributed by atoms with van der Waals surface area (Å²) in [5.41, 5.74) is 0. The highest BCUT2D eigenvalue weighted by molar-refractivity contribution is 5.69. The van der Waals surface area contributed by atoms with E-state index in [0.717, 1.165) is 5.75 Å². The Balaban J connectivity index is 1.92. The topological polar surface area (TPSA) is 59.0 Å². The summed E-state index contributed by atoms with van der Waals surface area (Å²) in [7, 11) is 1.75. The van der Waals surface area contributed by atoms with Crippen LogP contribution in [-0.4, -0.2) is 48.8 Å². The third-order valence-corrected chi connectivity index (χ3v) is 2.49. The van der Waals surface area contributed by atoms with Crippen molar-refractivity contribution in [2.24, 2.45) is 0 Å². The fourth-order valence-electron chi connectivity index (χ4n) is 1.80. The van der Waals surface area contributed by atoms with Crippen molar-refractivity contribution in [3.63, 3.8) is 0 Å². The van der Waals surface area contributed by atoms with Gasteiger partial charge in [-0.1, -0.05) is 12.1 Å². The Labute approximate surface area is 99.6 Å². The Morgan fingerprint density at radius 1 is 1.47 bits per heavy atom. The summed E-state index contributed by atoms with van der Waals surface area (Å²) in [6, 6.07) is 7.47. The highest BCUT2D eigenvalue weighted by Gasteiger charge is 2.22. The SMILES string of the molecule is CN(CC(=O)O)C[C@@H]1COc2ccccc2O1. The summed E-state index contributed by atoms with van der Waals surface area (Å²) in [4.78, 5) is 12.2. The summed E-state index contributed by atoms with van der Waals surface area (Å²) in [6.45, 7) is 0.975. The lowest BCUT2D eigenvalue weighted by Crippen LogP contribution is -2.41. The number of para-hydroxylation sites is 2. The number of hydrogen-bond donors (Lipinski definition) is 1. The van der Waals surface area contributed by atoms with Crippen molar-refractivity contribution in [3.05, 3.63) is 24.3 Å². The lowest BCUT2D eigenvalue weighted by Gasteiger charge is -2.29. The van der Waals surface area contributed by atoms with Crippen molar-refractivity contribution in [2.75, 3.05) is 26.7 Å². The molecule has 0 saturated carbocycles. The highest BCUT2D eigenvalue weighted by Crippen LogP contribution is 2.30. The van der Waals surface area contributed by atoms with Gasteiger partial charge in [0.05, 0.1) is 6.54 Å². The molecule has 0 unspecified atom stereocenters. The fraction of sp³-hybridized carbons (Fsp3) is 0.417. The van der Waals surface area contributed by atoms with Crippen molar-refractivity contribution in [2.45, 2.75) is 6.10 Å². The van der Waals surface area contributed by atoms with Crippen LogP contribution in [0.4, 0.5) is 0 Å². The molecule has 0 amide bonds. The maximum atomic E-state index is 10.5. The van der Waals surface area contributed by atoms with Gasteiger partial charge in [-0.2, -0.15) is 0 Å². The molecule has 1 aromatic carbocycles. The second-order valence-corrected chi connectivity index (χ2v) is 4.09. The molecule has 1 atom stereocenters. The molecule has 1 N–H and O–H groups in total. The van der Waals surface area contributed by atoms with Gasteiger partial charge in [-0.25, -0.2) is 0 Å². The summed E-state index contributed by atoms with van der Waals surface area (Å²) < 4.78 is 11.3.